The van der Waals surface area contributed by atoms with Crippen LogP contribution in [0.4, 0.5) is 22.9 Å². The number of nitrogens with one attached hydrogen (secondary N) is 2. The Morgan fingerprint density at radius 3 is 2.40 bits per heavy atom. The van der Waals surface area contributed by atoms with Crippen molar-refractivity contribution in [2.45, 2.75) is 6.54 Å². The van der Waals surface area contributed by atoms with Gasteiger partial charge >= 0.3 is 0 Å². The number of nitrogen functional groups attached to an aromatic ring is 1. The summed E-state index contributed by atoms with van der Waals surface area (Å²) in [5.41, 5.74) is 12.4. The topological polar surface area (TPSA) is 124 Å². The molecule has 6 aromatic rings. The van der Waals surface area contributed by atoms with Crippen molar-refractivity contribution in [2.24, 2.45) is 0 Å². The summed E-state index contributed by atoms with van der Waals surface area (Å²) in [7, 11) is 0. The first-order valence-electron chi connectivity index (χ1n) is 12.5. The maximum atomic E-state index is 12.7. The van der Waals surface area contributed by atoms with Crippen LogP contribution in [0.5, 0.6) is 0 Å². The molecule has 3 aromatic carbocycles. The summed E-state index contributed by atoms with van der Waals surface area (Å²) < 4.78 is 1.89. The second-order valence-electron chi connectivity index (χ2n) is 9.04. The van der Waals surface area contributed by atoms with Crippen molar-refractivity contribution in [3.8, 4) is 11.3 Å². The number of pyridine rings is 1. The molecule has 0 spiro atoms. The van der Waals surface area contributed by atoms with Crippen molar-refractivity contribution in [3.63, 3.8) is 0 Å². The number of hydrogen-bond acceptors (Lipinski definition) is 7. The van der Waals surface area contributed by atoms with Gasteiger partial charge in [-0.25, -0.2) is 4.98 Å². The predicted octanol–water partition coefficient (Wildman–Crippen LogP) is 6.17. The molecular weight excluding hydrogens is 524 g/mol. The van der Waals surface area contributed by atoms with Crippen LogP contribution < -0.4 is 16.4 Å². The molecule has 1 amide bonds. The van der Waals surface area contributed by atoms with Gasteiger partial charge in [0, 0.05) is 23.0 Å². The van der Waals surface area contributed by atoms with Gasteiger partial charge in [0.2, 0.25) is 5.28 Å². The van der Waals surface area contributed by atoms with Crippen molar-refractivity contribution in [2.75, 3.05) is 16.4 Å². The molecule has 0 bridgehead atoms. The van der Waals surface area contributed by atoms with Crippen LogP contribution in [-0.2, 0) is 6.54 Å². The van der Waals surface area contributed by atoms with Gasteiger partial charge in [-0.15, -0.1) is 0 Å². The highest BCUT2D eigenvalue weighted by atomic mass is 35.5. The lowest BCUT2D eigenvalue weighted by atomic mass is 10.1. The van der Waals surface area contributed by atoms with Gasteiger partial charge in [-0.05, 0) is 65.7 Å². The molecule has 40 heavy (non-hydrogen) atoms. The van der Waals surface area contributed by atoms with Crippen LogP contribution in [0, 0.1) is 0 Å². The zero-order valence-electron chi connectivity index (χ0n) is 21.1. The average Bonchev–Trinajstić information content (AvgIpc) is 3.38. The molecule has 0 aliphatic carbocycles. The number of benzene rings is 3. The van der Waals surface area contributed by atoms with E-state index in [1.807, 2.05) is 71.3 Å². The number of carbonyl (C=O) groups is 1. The Morgan fingerprint density at radius 2 is 1.65 bits per heavy atom. The highest BCUT2D eigenvalue weighted by Gasteiger charge is 2.14. The van der Waals surface area contributed by atoms with Crippen LogP contribution in [0.1, 0.15) is 15.9 Å². The van der Waals surface area contributed by atoms with E-state index in [9.17, 15) is 4.79 Å². The number of nitrogens with two attached hydrogens (primary N) is 1. The lowest BCUT2D eigenvalue weighted by Crippen LogP contribution is -2.13. The zero-order valence-corrected chi connectivity index (χ0v) is 21.9. The fraction of sp³-hybridized carbons (Fsp3) is 0.0333. The number of amides is 1. The van der Waals surface area contributed by atoms with Gasteiger partial charge in [-0.2, -0.15) is 9.97 Å². The van der Waals surface area contributed by atoms with Crippen molar-refractivity contribution < 1.29 is 4.79 Å². The van der Waals surface area contributed by atoms with E-state index in [1.165, 1.54) is 0 Å². The minimum atomic E-state index is -0.235. The lowest BCUT2D eigenvalue weighted by Gasteiger charge is -2.10. The Balaban J connectivity index is 1.19. The van der Waals surface area contributed by atoms with Gasteiger partial charge in [0.15, 0.2) is 17.0 Å². The second kappa shape index (κ2) is 10.8. The first kappa shape index (κ1) is 25.0. The Hall–Kier alpha value is -5.28. The molecule has 196 valence electrons. The van der Waals surface area contributed by atoms with E-state index in [1.54, 1.807) is 36.8 Å². The van der Waals surface area contributed by atoms with Gasteiger partial charge in [0.1, 0.15) is 0 Å². The van der Waals surface area contributed by atoms with E-state index in [0.717, 1.165) is 22.5 Å². The average molecular weight is 547 g/mol. The van der Waals surface area contributed by atoms with Crippen molar-refractivity contribution in [3.05, 3.63) is 120 Å². The Bertz CT molecular complexity index is 1800. The smallest absolute Gasteiger partial charge is 0.255 e. The largest absolute Gasteiger partial charge is 0.397 e. The van der Waals surface area contributed by atoms with Crippen LogP contribution in [-0.4, -0.2) is 30.4 Å². The first-order chi connectivity index (χ1) is 19.5. The maximum Gasteiger partial charge on any atom is 0.255 e. The predicted molar refractivity (Wildman–Crippen MR) is 158 cm³/mol. The zero-order chi connectivity index (χ0) is 27.5. The molecule has 0 saturated heterocycles. The monoisotopic (exact) mass is 546 g/mol. The van der Waals surface area contributed by atoms with Gasteiger partial charge in [-0.1, -0.05) is 42.5 Å². The van der Waals surface area contributed by atoms with E-state index in [4.69, 9.17) is 17.3 Å². The molecule has 10 heteroatoms. The summed E-state index contributed by atoms with van der Waals surface area (Å²) in [5, 5.41) is 6.25. The summed E-state index contributed by atoms with van der Waals surface area (Å²) in [6.07, 6.45) is 3.47. The second-order valence-corrected chi connectivity index (χ2v) is 9.38. The van der Waals surface area contributed by atoms with E-state index in [2.05, 4.69) is 30.6 Å². The number of halogens is 1. The minimum Gasteiger partial charge on any atom is -0.397 e. The summed E-state index contributed by atoms with van der Waals surface area (Å²) >= 11 is 6.30. The molecule has 0 atom stereocenters. The number of para-hydroxylation sites is 2. The molecule has 3 heterocycles. The molecule has 3 aromatic heterocycles. The van der Waals surface area contributed by atoms with Gasteiger partial charge in [0.25, 0.3) is 5.91 Å². The summed E-state index contributed by atoms with van der Waals surface area (Å²) in [6, 6.07) is 28.1. The Morgan fingerprint density at radius 1 is 0.875 bits per heavy atom. The molecule has 0 saturated carbocycles. The summed E-state index contributed by atoms with van der Waals surface area (Å²) in [4.78, 5) is 30.4. The third-order valence-electron chi connectivity index (χ3n) is 6.32. The number of imidazole rings is 1. The van der Waals surface area contributed by atoms with Crippen LogP contribution in [0.25, 0.3) is 22.4 Å². The van der Waals surface area contributed by atoms with Crippen LogP contribution >= 0.6 is 11.6 Å². The number of hydrogen-bond donors (Lipinski definition) is 3. The number of nitrogens with zero attached hydrogens (tertiary/aromatic N) is 5. The fourth-order valence-electron chi connectivity index (χ4n) is 4.28. The number of carbonyl (C=O) groups excluding carboxylic acids is 1. The SMILES string of the molecule is Nc1ccccc1NC(=O)c1ccc(Cn2cnc3c(Nc4ccc(-c5ccccn5)cc4)nc(Cl)nc32)cc1. The number of aromatic nitrogens is 5. The van der Waals surface area contributed by atoms with E-state index >= 15 is 0 Å². The van der Waals surface area contributed by atoms with E-state index < -0.39 is 0 Å². The van der Waals surface area contributed by atoms with Crippen molar-refractivity contribution >= 4 is 51.6 Å². The van der Waals surface area contributed by atoms with Crippen molar-refractivity contribution in [1.82, 2.24) is 24.5 Å². The standard InChI is InChI=1S/C30H23ClN8O/c31-30-37-27(35-22-14-12-20(13-15-22)24-6-3-4-16-33-24)26-28(38-30)39(18-34-26)17-19-8-10-21(11-9-19)29(40)36-25-7-2-1-5-23(25)32/h1-16,18H,17,32H2,(H,36,40)(H,35,37,38). The molecular formula is C30H23ClN8O. The van der Waals surface area contributed by atoms with E-state index in [-0.39, 0.29) is 11.2 Å². The van der Waals surface area contributed by atoms with Crippen LogP contribution in [0.15, 0.2) is 104 Å². The highest BCUT2D eigenvalue weighted by molar-refractivity contribution is 6.28. The minimum absolute atomic E-state index is 0.106. The Kier molecular flexibility index (Phi) is 6.78. The molecule has 6 rings (SSSR count). The Labute approximate surface area is 234 Å². The van der Waals surface area contributed by atoms with Gasteiger partial charge in [0.05, 0.1) is 29.9 Å². The third kappa shape index (κ3) is 5.31. The van der Waals surface area contributed by atoms with Crippen LogP contribution in [0.3, 0.4) is 0 Å². The first-order valence-corrected chi connectivity index (χ1v) is 12.8. The third-order valence-corrected chi connectivity index (χ3v) is 6.49. The number of rotatable bonds is 7. The molecule has 0 unspecified atom stereocenters. The maximum absolute atomic E-state index is 12.7. The highest BCUT2D eigenvalue weighted by Crippen LogP contribution is 2.27. The quantitative estimate of drug-likeness (QED) is 0.162. The normalized spacial score (nSPS) is 10.9. The molecule has 0 aliphatic rings. The van der Waals surface area contributed by atoms with Gasteiger partial charge in [-0.3, -0.25) is 9.78 Å². The molecule has 0 fully saturated rings. The van der Waals surface area contributed by atoms with Crippen LogP contribution in [0.2, 0.25) is 5.28 Å². The van der Waals surface area contributed by atoms with Crippen molar-refractivity contribution in [1.29, 1.82) is 0 Å². The number of fused-ring (bicyclic) bond motifs is 1. The molecule has 4 N–H and O–H groups in total. The number of anilines is 4. The van der Waals surface area contributed by atoms with Gasteiger partial charge < -0.3 is 20.9 Å². The lowest BCUT2D eigenvalue weighted by molar-refractivity contribution is 0.102. The molecule has 0 radical (unpaired) electrons. The summed E-state index contributed by atoms with van der Waals surface area (Å²) in [6.45, 7) is 0.482. The van der Waals surface area contributed by atoms with E-state index in [0.29, 0.717) is 40.5 Å². The molecule has 0 aliphatic heterocycles. The summed E-state index contributed by atoms with van der Waals surface area (Å²) in [5.74, 6) is 0.271. The molecule has 9 nitrogen and oxygen atoms in total. The fourth-order valence-corrected chi connectivity index (χ4v) is 4.44.